The molecule has 0 bridgehead atoms. The fraction of sp³-hybridized carbons (Fsp3) is 0.900. The molecule has 1 N–H and O–H groups in total. The van der Waals surface area contributed by atoms with Gasteiger partial charge in [0.1, 0.15) is 0 Å². The second kappa shape index (κ2) is 3.96. The van der Waals surface area contributed by atoms with Crippen molar-refractivity contribution in [1.82, 2.24) is 5.32 Å². The van der Waals surface area contributed by atoms with E-state index in [2.05, 4.69) is 14.6 Å². The van der Waals surface area contributed by atoms with Crippen molar-refractivity contribution in [1.29, 1.82) is 0 Å². The molecule has 1 saturated heterocycles. The highest BCUT2D eigenvalue weighted by Gasteiger charge is 2.31. The van der Waals surface area contributed by atoms with Gasteiger partial charge >= 0.3 is 0 Å². The Morgan fingerprint density at radius 1 is 1.23 bits per heavy atom. The maximum atomic E-state index is 11.4. The Morgan fingerprint density at radius 2 is 1.92 bits per heavy atom. The van der Waals surface area contributed by atoms with Crippen molar-refractivity contribution in [2.24, 2.45) is 11.8 Å². The van der Waals surface area contributed by atoms with Gasteiger partial charge in [0, 0.05) is 6.54 Å². The topological polar surface area (TPSA) is 29.1 Å². The molecule has 2 rings (SSSR count). The van der Waals surface area contributed by atoms with Crippen LogP contribution in [0, 0.1) is 11.8 Å². The number of rotatable bonds is 0. The molecule has 0 aromatic rings. The normalized spacial score (nSPS) is 40.4. The first-order chi connectivity index (χ1) is 6.27. The molecular formula is C10H18NOP. The summed E-state index contributed by atoms with van der Waals surface area (Å²) in [5.74, 6) is 1.80. The SMILES string of the molecule is O=C1NCC2CCCCC2CC1P. The van der Waals surface area contributed by atoms with Gasteiger partial charge in [0.2, 0.25) is 5.91 Å². The van der Waals surface area contributed by atoms with Crippen LogP contribution in [0.25, 0.3) is 0 Å². The van der Waals surface area contributed by atoms with Crippen LogP contribution in [0.15, 0.2) is 0 Å². The van der Waals surface area contributed by atoms with E-state index in [0.717, 1.165) is 24.8 Å². The number of hydrogen-bond donors (Lipinski definition) is 1. The van der Waals surface area contributed by atoms with Gasteiger partial charge in [-0.3, -0.25) is 4.79 Å². The van der Waals surface area contributed by atoms with Gasteiger partial charge in [-0.05, 0) is 24.7 Å². The Morgan fingerprint density at radius 3 is 2.69 bits per heavy atom. The van der Waals surface area contributed by atoms with Crippen molar-refractivity contribution in [2.45, 2.75) is 37.8 Å². The van der Waals surface area contributed by atoms with E-state index in [9.17, 15) is 4.79 Å². The number of fused-ring (bicyclic) bond motifs is 1. The minimum atomic E-state index is 0.160. The van der Waals surface area contributed by atoms with Crippen LogP contribution < -0.4 is 5.32 Å². The zero-order chi connectivity index (χ0) is 9.26. The predicted octanol–water partition coefficient (Wildman–Crippen LogP) is 1.56. The first-order valence-electron chi connectivity index (χ1n) is 5.30. The second-order valence-electron chi connectivity index (χ2n) is 4.39. The summed E-state index contributed by atoms with van der Waals surface area (Å²) < 4.78 is 0. The molecular weight excluding hydrogens is 181 g/mol. The number of carbonyl (C=O) groups excluding carboxylic acids is 1. The predicted molar refractivity (Wildman–Crippen MR) is 56.6 cm³/mol. The zero-order valence-electron chi connectivity index (χ0n) is 7.96. The Balaban J connectivity index is 2.04. The van der Waals surface area contributed by atoms with Gasteiger partial charge in [0.05, 0.1) is 5.66 Å². The van der Waals surface area contributed by atoms with Crippen LogP contribution in [0.4, 0.5) is 0 Å². The molecule has 0 aromatic carbocycles. The van der Waals surface area contributed by atoms with E-state index >= 15 is 0 Å². The number of hydrogen-bond acceptors (Lipinski definition) is 1. The molecule has 13 heavy (non-hydrogen) atoms. The summed E-state index contributed by atoms with van der Waals surface area (Å²) in [6.07, 6.45) is 6.47. The molecule has 0 spiro atoms. The van der Waals surface area contributed by atoms with Crippen LogP contribution >= 0.6 is 9.24 Å². The molecule has 2 nitrogen and oxygen atoms in total. The summed E-state index contributed by atoms with van der Waals surface area (Å²) >= 11 is 0. The summed E-state index contributed by atoms with van der Waals surface area (Å²) in [5, 5.41) is 3.03. The zero-order valence-corrected chi connectivity index (χ0v) is 9.11. The molecule has 1 aliphatic heterocycles. The first-order valence-corrected chi connectivity index (χ1v) is 5.97. The van der Waals surface area contributed by atoms with Gasteiger partial charge in [-0.1, -0.05) is 19.3 Å². The summed E-state index contributed by atoms with van der Waals surface area (Å²) in [7, 11) is 2.68. The summed E-state index contributed by atoms with van der Waals surface area (Å²) in [5.41, 5.74) is 0.160. The minimum Gasteiger partial charge on any atom is -0.355 e. The molecule has 2 aliphatic rings. The van der Waals surface area contributed by atoms with Gasteiger partial charge in [-0.15, -0.1) is 9.24 Å². The lowest BCUT2D eigenvalue weighted by Crippen LogP contribution is -2.31. The molecule has 4 unspecified atom stereocenters. The van der Waals surface area contributed by atoms with Gasteiger partial charge in [-0.2, -0.15) is 0 Å². The van der Waals surface area contributed by atoms with E-state index in [1.165, 1.54) is 25.7 Å². The second-order valence-corrected chi connectivity index (χ2v) is 5.20. The maximum Gasteiger partial charge on any atom is 0.226 e. The lowest BCUT2D eigenvalue weighted by molar-refractivity contribution is -0.120. The van der Waals surface area contributed by atoms with Gasteiger partial charge in [0.25, 0.3) is 0 Å². The standard InChI is InChI=1S/C10H18NOP/c12-10-9(13)5-7-3-1-2-4-8(7)6-11-10/h7-9H,1-6,13H2,(H,11,12). The molecule has 1 saturated carbocycles. The van der Waals surface area contributed by atoms with Crippen molar-refractivity contribution in [3.63, 3.8) is 0 Å². The number of nitrogens with one attached hydrogen (secondary N) is 1. The molecule has 74 valence electrons. The lowest BCUT2D eigenvalue weighted by atomic mass is 9.77. The fourth-order valence-electron chi connectivity index (χ4n) is 2.66. The average molecular weight is 199 g/mol. The van der Waals surface area contributed by atoms with E-state index in [1.54, 1.807) is 0 Å². The van der Waals surface area contributed by atoms with E-state index in [0.29, 0.717) is 0 Å². The first kappa shape index (κ1) is 9.45. The Kier molecular flexibility index (Phi) is 2.88. The van der Waals surface area contributed by atoms with Crippen LogP contribution in [0.5, 0.6) is 0 Å². The monoisotopic (exact) mass is 199 g/mol. The van der Waals surface area contributed by atoms with E-state index in [-0.39, 0.29) is 11.6 Å². The highest BCUT2D eigenvalue weighted by atomic mass is 31.0. The van der Waals surface area contributed by atoms with E-state index in [1.807, 2.05) is 0 Å². The van der Waals surface area contributed by atoms with E-state index < -0.39 is 0 Å². The van der Waals surface area contributed by atoms with Crippen molar-refractivity contribution in [3.05, 3.63) is 0 Å². The third-order valence-electron chi connectivity index (χ3n) is 3.50. The quantitative estimate of drug-likeness (QED) is 0.589. The molecule has 3 heteroatoms. The van der Waals surface area contributed by atoms with E-state index in [4.69, 9.17) is 0 Å². The van der Waals surface area contributed by atoms with Crippen molar-refractivity contribution in [2.75, 3.05) is 6.54 Å². The molecule has 4 atom stereocenters. The third-order valence-corrected chi connectivity index (χ3v) is 4.07. The van der Waals surface area contributed by atoms with Crippen molar-refractivity contribution >= 4 is 15.1 Å². The van der Waals surface area contributed by atoms with Crippen LogP contribution in [-0.4, -0.2) is 18.1 Å². The molecule has 2 fully saturated rings. The average Bonchev–Trinajstić information content (AvgIpc) is 2.28. The maximum absolute atomic E-state index is 11.4. The Bertz CT molecular complexity index is 207. The van der Waals surface area contributed by atoms with Crippen molar-refractivity contribution < 1.29 is 4.79 Å². The van der Waals surface area contributed by atoms with Crippen LogP contribution in [0.1, 0.15) is 32.1 Å². The highest BCUT2D eigenvalue weighted by Crippen LogP contribution is 2.35. The van der Waals surface area contributed by atoms with Gasteiger partial charge in [0.15, 0.2) is 0 Å². The van der Waals surface area contributed by atoms with Crippen LogP contribution in [0.2, 0.25) is 0 Å². The van der Waals surface area contributed by atoms with Crippen LogP contribution in [-0.2, 0) is 4.79 Å². The third kappa shape index (κ3) is 2.04. The number of carbonyl (C=O) groups is 1. The molecule has 0 aromatic heterocycles. The van der Waals surface area contributed by atoms with Gasteiger partial charge in [-0.25, -0.2) is 0 Å². The summed E-state index contributed by atoms with van der Waals surface area (Å²) in [6, 6.07) is 0. The van der Waals surface area contributed by atoms with Gasteiger partial charge < -0.3 is 5.32 Å². The fourth-order valence-corrected chi connectivity index (χ4v) is 3.13. The minimum absolute atomic E-state index is 0.160. The molecule has 1 aliphatic carbocycles. The molecule has 1 heterocycles. The summed E-state index contributed by atoms with van der Waals surface area (Å²) in [6.45, 7) is 0.925. The lowest BCUT2D eigenvalue weighted by Gasteiger charge is -2.29. The van der Waals surface area contributed by atoms with Crippen molar-refractivity contribution in [3.8, 4) is 0 Å². The van der Waals surface area contributed by atoms with Crippen LogP contribution in [0.3, 0.4) is 0 Å². The largest absolute Gasteiger partial charge is 0.355 e. The Labute approximate surface area is 82.1 Å². The smallest absolute Gasteiger partial charge is 0.226 e. The summed E-state index contributed by atoms with van der Waals surface area (Å²) in [4.78, 5) is 11.4. The highest BCUT2D eigenvalue weighted by molar-refractivity contribution is 7.19. The number of amides is 1. The molecule has 1 amide bonds. The molecule has 0 radical (unpaired) electrons. The Hall–Kier alpha value is -0.100.